The SMILES string of the molecule is Cc1cscc1C(=O)N1CCOC(C(C)N)C1. The lowest BCUT2D eigenvalue weighted by molar-refractivity contribution is -0.0300. The van der Waals surface area contributed by atoms with Crippen LogP contribution in [0.3, 0.4) is 0 Å². The van der Waals surface area contributed by atoms with Crippen LogP contribution in [0.2, 0.25) is 0 Å². The number of carbonyl (C=O) groups excluding carboxylic acids is 1. The van der Waals surface area contributed by atoms with Crippen LogP contribution in [0.5, 0.6) is 0 Å². The zero-order valence-electron chi connectivity index (χ0n) is 10.2. The Kier molecular flexibility index (Phi) is 3.81. The van der Waals surface area contributed by atoms with Gasteiger partial charge in [0, 0.05) is 24.5 Å². The van der Waals surface area contributed by atoms with Crippen molar-refractivity contribution in [3.8, 4) is 0 Å². The summed E-state index contributed by atoms with van der Waals surface area (Å²) in [7, 11) is 0. The Hall–Kier alpha value is -0.910. The van der Waals surface area contributed by atoms with Crippen LogP contribution in [-0.4, -0.2) is 42.6 Å². The maximum Gasteiger partial charge on any atom is 0.255 e. The van der Waals surface area contributed by atoms with E-state index in [1.165, 1.54) is 0 Å². The number of carbonyl (C=O) groups is 1. The van der Waals surface area contributed by atoms with E-state index in [4.69, 9.17) is 10.5 Å². The van der Waals surface area contributed by atoms with E-state index in [0.29, 0.717) is 19.7 Å². The molecule has 2 heterocycles. The minimum absolute atomic E-state index is 0.0471. The van der Waals surface area contributed by atoms with Crippen LogP contribution in [0.1, 0.15) is 22.8 Å². The van der Waals surface area contributed by atoms with Crippen molar-refractivity contribution in [2.45, 2.75) is 26.0 Å². The Morgan fingerprint density at radius 2 is 2.41 bits per heavy atom. The average molecular weight is 254 g/mol. The molecule has 1 amide bonds. The van der Waals surface area contributed by atoms with Crippen LogP contribution >= 0.6 is 11.3 Å². The molecule has 0 spiro atoms. The molecule has 17 heavy (non-hydrogen) atoms. The van der Waals surface area contributed by atoms with E-state index in [9.17, 15) is 4.79 Å². The molecular weight excluding hydrogens is 236 g/mol. The molecule has 4 nitrogen and oxygen atoms in total. The van der Waals surface area contributed by atoms with Crippen LogP contribution < -0.4 is 5.73 Å². The molecule has 2 rings (SSSR count). The number of hydrogen-bond donors (Lipinski definition) is 1. The van der Waals surface area contributed by atoms with Gasteiger partial charge in [-0.15, -0.1) is 0 Å². The number of morpholine rings is 1. The monoisotopic (exact) mass is 254 g/mol. The van der Waals surface area contributed by atoms with Crippen molar-refractivity contribution in [1.29, 1.82) is 0 Å². The molecule has 2 atom stereocenters. The molecule has 0 aromatic carbocycles. The second-order valence-corrected chi connectivity index (χ2v) is 5.23. The van der Waals surface area contributed by atoms with Gasteiger partial charge in [0.25, 0.3) is 5.91 Å². The molecule has 1 saturated heterocycles. The van der Waals surface area contributed by atoms with Crippen molar-refractivity contribution in [3.05, 3.63) is 21.9 Å². The molecule has 1 aliphatic heterocycles. The van der Waals surface area contributed by atoms with E-state index in [1.54, 1.807) is 11.3 Å². The molecular formula is C12H18N2O2S. The minimum atomic E-state index is -0.0494. The molecule has 0 bridgehead atoms. The van der Waals surface area contributed by atoms with Gasteiger partial charge in [-0.05, 0) is 24.8 Å². The van der Waals surface area contributed by atoms with Gasteiger partial charge in [0.1, 0.15) is 0 Å². The smallest absolute Gasteiger partial charge is 0.255 e. The van der Waals surface area contributed by atoms with Crippen molar-refractivity contribution in [3.63, 3.8) is 0 Å². The van der Waals surface area contributed by atoms with Gasteiger partial charge in [0.15, 0.2) is 0 Å². The Morgan fingerprint density at radius 1 is 1.65 bits per heavy atom. The number of amides is 1. The van der Waals surface area contributed by atoms with Gasteiger partial charge in [0.2, 0.25) is 0 Å². The normalized spacial score (nSPS) is 22.5. The third-order valence-electron chi connectivity index (χ3n) is 3.05. The highest BCUT2D eigenvalue weighted by atomic mass is 32.1. The Labute approximate surface area is 105 Å². The topological polar surface area (TPSA) is 55.6 Å². The summed E-state index contributed by atoms with van der Waals surface area (Å²) >= 11 is 1.56. The van der Waals surface area contributed by atoms with Crippen molar-refractivity contribution in [1.82, 2.24) is 4.90 Å². The van der Waals surface area contributed by atoms with Crippen LogP contribution in [0, 0.1) is 6.92 Å². The first kappa shape index (κ1) is 12.5. The van der Waals surface area contributed by atoms with E-state index in [1.807, 2.05) is 29.5 Å². The fourth-order valence-corrected chi connectivity index (χ4v) is 2.75. The fourth-order valence-electron chi connectivity index (χ4n) is 1.93. The van der Waals surface area contributed by atoms with Crippen molar-refractivity contribution < 1.29 is 9.53 Å². The minimum Gasteiger partial charge on any atom is -0.373 e. The van der Waals surface area contributed by atoms with Crippen molar-refractivity contribution in [2.75, 3.05) is 19.7 Å². The largest absolute Gasteiger partial charge is 0.373 e. The number of aryl methyl sites for hydroxylation is 1. The number of rotatable bonds is 2. The second-order valence-electron chi connectivity index (χ2n) is 4.49. The molecule has 1 aromatic rings. The maximum atomic E-state index is 12.3. The second kappa shape index (κ2) is 5.16. The first-order valence-electron chi connectivity index (χ1n) is 5.79. The van der Waals surface area contributed by atoms with Gasteiger partial charge < -0.3 is 15.4 Å². The Balaban J connectivity index is 2.07. The Morgan fingerprint density at radius 3 is 3.00 bits per heavy atom. The lowest BCUT2D eigenvalue weighted by atomic mass is 10.1. The maximum absolute atomic E-state index is 12.3. The van der Waals surface area contributed by atoms with Crippen LogP contribution in [0.15, 0.2) is 10.8 Å². The van der Waals surface area contributed by atoms with E-state index < -0.39 is 0 Å². The number of ether oxygens (including phenoxy) is 1. The highest BCUT2D eigenvalue weighted by Gasteiger charge is 2.27. The molecule has 2 N–H and O–H groups in total. The fraction of sp³-hybridized carbons (Fsp3) is 0.583. The molecule has 0 saturated carbocycles. The molecule has 1 fully saturated rings. The predicted molar refractivity (Wildman–Crippen MR) is 68.3 cm³/mol. The highest BCUT2D eigenvalue weighted by Crippen LogP contribution is 2.18. The zero-order valence-corrected chi connectivity index (χ0v) is 11.0. The summed E-state index contributed by atoms with van der Waals surface area (Å²) in [6.45, 7) is 5.69. The summed E-state index contributed by atoms with van der Waals surface area (Å²) in [5.41, 5.74) is 7.67. The van der Waals surface area contributed by atoms with E-state index in [-0.39, 0.29) is 18.1 Å². The Bertz CT molecular complexity index is 403. The summed E-state index contributed by atoms with van der Waals surface area (Å²) in [6, 6.07) is -0.0471. The molecule has 2 unspecified atom stereocenters. The highest BCUT2D eigenvalue weighted by molar-refractivity contribution is 7.08. The van der Waals surface area contributed by atoms with Gasteiger partial charge in [0.05, 0.1) is 18.3 Å². The van der Waals surface area contributed by atoms with Crippen LogP contribution in [0.25, 0.3) is 0 Å². The lowest BCUT2D eigenvalue weighted by Gasteiger charge is -2.34. The van der Waals surface area contributed by atoms with Crippen LogP contribution in [-0.2, 0) is 4.74 Å². The lowest BCUT2D eigenvalue weighted by Crippen LogP contribution is -2.51. The molecule has 1 aromatic heterocycles. The number of nitrogens with two attached hydrogens (primary N) is 1. The summed E-state index contributed by atoms with van der Waals surface area (Å²) in [4.78, 5) is 14.1. The molecule has 94 valence electrons. The third kappa shape index (κ3) is 2.68. The zero-order chi connectivity index (χ0) is 12.4. The van der Waals surface area contributed by atoms with E-state index in [0.717, 1.165) is 11.1 Å². The quantitative estimate of drug-likeness (QED) is 0.864. The van der Waals surface area contributed by atoms with Crippen molar-refractivity contribution >= 4 is 17.2 Å². The number of nitrogens with zero attached hydrogens (tertiary/aromatic N) is 1. The van der Waals surface area contributed by atoms with E-state index in [2.05, 4.69) is 0 Å². The summed E-state index contributed by atoms with van der Waals surface area (Å²) in [6.07, 6.45) is -0.0494. The molecule has 0 radical (unpaired) electrons. The van der Waals surface area contributed by atoms with Crippen molar-refractivity contribution in [2.24, 2.45) is 5.73 Å². The van der Waals surface area contributed by atoms with Gasteiger partial charge in [-0.1, -0.05) is 0 Å². The molecule has 1 aliphatic rings. The van der Waals surface area contributed by atoms with Gasteiger partial charge >= 0.3 is 0 Å². The van der Waals surface area contributed by atoms with Crippen LogP contribution in [0.4, 0.5) is 0 Å². The number of hydrogen-bond acceptors (Lipinski definition) is 4. The summed E-state index contributed by atoms with van der Waals surface area (Å²) < 4.78 is 5.55. The van der Waals surface area contributed by atoms with Gasteiger partial charge in [-0.3, -0.25) is 4.79 Å². The van der Waals surface area contributed by atoms with E-state index >= 15 is 0 Å². The summed E-state index contributed by atoms with van der Waals surface area (Å²) in [5.74, 6) is 0.0951. The standard InChI is InChI=1S/C12H18N2O2S/c1-8-6-17-7-10(8)12(15)14-3-4-16-11(5-14)9(2)13/h6-7,9,11H,3-5,13H2,1-2H3. The third-order valence-corrected chi connectivity index (χ3v) is 3.91. The predicted octanol–water partition coefficient (Wildman–Crippen LogP) is 1.24. The molecule has 5 heteroatoms. The van der Waals surface area contributed by atoms with Gasteiger partial charge in [-0.25, -0.2) is 0 Å². The van der Waals surface area contributed by atoms with Gasteiger partial charge in [-0.2, -0.15) is 11.3 Å². The number of thiophene rings is 1. The first-order valence-corrected chi connectivity index (χ1v) is 6.73. The average Bonchev–Trinajstić information content (AvgIpc) is 2.74. The summed E-state index contributed by atoms with van der Waals surface area (Å²) in [5, 5.41) is 3.91. The molecule has 0 aliphatic carbocycles. The first-order chi connectivity index (χ1) is 8.09.